The van der Waals surface area contributed by atoms with E-state index in [-0.39, 0.29) is 12.0 Å². The summed E-state index contributed by atoms with van der Waals surface area (Å²) < 4.78 is 0. The van der Waals surface area contributed by atoms with Crippen molar-refractivity contribution < 1.29 is 0 Å². The van der Waals surface area contributed by atoms with E-state index < -0.39 is 0 Å². The normalized spacial score (nSPS) is 17.1. The highest BCUT2D eigenvalue weighted by atomic mass is 15.0. The van der Waals surface area contributed by atoms with E-state index in [4.69, 9.17) is 4.99 Å². The fourth-order valence-electron chi connectivity index (χ4n) is 6.50. The molecule has 0 saturated carbocycles. The first-order chi connectivity index (χ1) is 23.8. The van der Waals surface area contributed by atoms with Crippen LogP contribution < -0.4 is 5.32 Å². The molecule has 230 valence electrons. The molecule has 0 fully saturated rings. The van der Waals surface area contributed by atoms with Crippen LogP contribution in [0.1, 0.15) is 29.2 Å². The van der Waals surface area contributed by atoms with E-state index >= 15 is 0 Å². The SMILES string of the molecule is C1=CC(C2=NC(c3cccc(-c4cccc(-c5ncccn5)c4)c3)C=C(c3cccc(-c4ccccc4)c3)N2)CC(c2ccccc2)=C1. The minimum Gasteiger partial charge on any atom is -0.343 e. The van der Waals surface area contributed by atoms with Gasteiger partial charge in [-0.05, 0) is 81.3 Å². The maximum atomic E-state index is 5.39. The van der Waals surface area contributed by atoms with E-state index in [0.29, 0.717) is 0 Å². The number of aliphatic imine (C=N–C) groups is 1. The summed E-state index contributed by atoms with van der Waals surface area (Å²) >= 11 is 0. The largest absolute Gasteiger partial charge is 0.343 e. The Balaban J connectivity index is 1.17. The molecule has 2 heterocycles. The Bertz CT molecular complexity index is 2180. The van der Waals surface area contributed by atoms with Crippen molar-refractivity contribution in [3.05, 3.63) is 193 Å². The van der Waals surface area contributed by atoms with Crippen molar-refractivity contribution in [3.8, 4) is 33.6 Å². The van der Waals surface area contributed by atoms with Crippen LogP contribution in [0.5, 0.6) is 0 Å². The average Bonchev–Trinajstić information content (AvgIpc) is 3.19. The van der Waals surface area contributed by atoms with Crippen LogP contribution in [0.25, 0.3) is 44.9 Å². The lowest BCUT2D eigenvalue weighted by Crippen LogP contribution is -2.33. The summed E-state index contributed by atoms with van der Waals surface area (Å²) in [7, 11) is 0. The molecular formula is C44H34N4. The van der Waals surface area contributed by atoms with Crippen LogP contribution in [0.3, 0.4) is 0 Å². The van der Waals surface area contributed by atoms with Crippen LogP contribution in [0.2, 0.25) is 0 Å². The van der Waals surface area contributed by atoms with Gasteiger partial charge in [-0.1, -0.05) is 133 Å². The van der Waals surface area contributed by atoms with Crippen molar-refractivity contribution in [2.45, 2.75) is 12.5 Å². The summed E-state index contributed by atoms with van der Waals surface area (Å²) in [6.07, 6.45) is 13.4. The zero-order chi connectivity index (χ0) is 32.1. The van der Waals surface area contributed by atoms with Gasteiger partial charge in [-0.3, -0.25) is 4.99 Å². The average molecular weight is 619 g/mol. The predicted molar refractivity (Wildman–Crippen MR) is 198 cm³/mol. The maximum Gasteiger partial charge on any atom is 0.159 e. The first-order valence-electron chi connectivity index (χ1n) is 16.4. The van der Waals surface area contributed by atoms with Crippen molar-refractivity contribution >= 4 is 17.1 Å². The molecule has 1 aromatic heterocycles. The highest BCUT2D eigenvalue weighted by Gasteiger charge is 2.25. The smallest absolute Gasteiger partial charge is 0.159 e. The van der Waals surface area contributed by atoms with E-state index in [2.05, 4.69) is 173 Å². The molecule has 2 aliphatic rings. The van der Waals surface area contributed by atoms with Gasteiger partial charge in [0.2, 0.25) is 0 Å². The van der Waals surface area contributed by atoms with Gasteiger partial charge in [0.25, 0.3) is 0 Å². The van der Waals surface area contributed by atoms with E-state index in [1.807, 2.05) is 6.07 Å². The molecule has 5 aromatic carbocycles. The molecule has 6 aromatic rings. The first kappa shape index (κ1) is 29.3. The molecule has 0 bridgehead atoms. The molecule has 2 atom stereocenters. The lowest BCUT2D eigenvalue weighted by Gasteiger charge is -2.28. The summed E-state index contributed by atoms with van der Waals surface area (Å²) in [5.41, 5.74) is 11.5. The molecule has 48 heavy (non-hydrogen) atoms. The maximum absolute atomic E-state index is 5.39. The van der Waals surface area contributed by atoms with Gasteiger partial charge < -0.3 is 5.32 Å². The Kier molecular flexibility index (Phi) is 8.12. The summed E-state index contributed by atoms with van der Waals surface area (Å²) in [6, 6.07) is 48.8. The second-order valence-corrected chi connectivity index (χ2v) is 12.1. The van der Waals surface area contributed by atoms with Gasteiger partial charge in [-0.15, -0.1) is 0 Å². The number of hydrogen-bond acceptors (Lipinski definition) is 4. The van der Waals surface area contributed by atoms with E-state index in [1.165, 1.54) is 22.3 Å². The number of nitrogens with zero attached hydrogens (tertiary/aromatic N) is 3. The summed E-state index contributed by atoms with van der Waals surface area (Å²) in [4.78, 5) is 14.3. The molecule has 0 amide bonds. The Morgan fingerprint density at radius 2 is 1.15 bits per heavy atom. The topological polar surface area (TPSA) is 50.2 Å². The molecule has 0 saturated heterocycles. The van der Waals surface area contributed by atoms with Crippen LogP contribution in [-0.4, -0.2) is 15.8 Å². The van der Waals surface area contributed by atoms with E-state index in [0.717, 1.165) is 51.6 Å². The molecule has 2 unspecified atom stereocenters. The van der Waals surface area contributed by atoms with Crippen molar-refractivity contribution in [2.24, 2.45) is 10.9 Å². The van der Waals surface area contributed by atoms with Gasteiger partial charge in [0, 0.05) is 29.6 Å². The molecule has 4 nitrogen and oxygen atoms in total. The molecule has 1 aliphatic heterocycles. The predicted octanol–water partition coefficient (Wildman–Crippen LogP) is 10.2. The van der Waals surface area contributed by atoms with Gasteiger partial charge in [-0.2, -0.15) is 0 Å². The number of hydrogen-bond donors (Lipinski definition) is 1. The number of rotatable bonds is 7. The molecule has 0 spiro atoms. The monoisotopic (exact) mass is 618 g/mol. The number of nitrogens with one attached hydrogen (secondary N) is 1. The summed E-state index contributed by atoms with van der Waals surface area (Å²) in [6.45, 7) is 0. The van der Waals surface area contributed by atoms with Crippen molar-refractivity contribution in [1.82, 2.24) is 15.3 Å². The zero-order valence-corrected chi connectivity index (χ0v) is 26.4. The third-order valence-electron chi connectivity index (χ3n) is 8.97. The lowest BCUT2D eigenvalue weighted by molar-refractivity contribution is 0.794. The lowest BCUT2D eigenvalue weighted by atomic mass is 9.88. The summed E-state index contributed by atoms with van der Waals surface area (Å²) in [5, 5.41) is 3.78. The number of benzene rings is 5. The van der Waals surface area contributed by atoms with Gasteiger partial charge in [0.15, 0.2) is 5.82 Å². The van der Waals surface area contributed by atoms with E-state index in [1.54, 1.807) is 12.4 Å². The fourth-order valence-corrected chi connectivity index (χ4v) is 6.50. The molecule has 0 radical (unpaired) electrons. The van der Waals surface area contributed by atoms with Crippen molar-refractivity contribution in [3.63, 3.8) is 0 Å². The minimum atomic E-state index is -0.156. The Labute approximate surface area is 281 Å². The molecule has 8 rings (SSSR count). The van der Waals surface area contributed by atoms with Crippen LogP contribution in [0.4, 0.5) is 0 Å². The standard InChI is InChI=1S/C44H34N4/c1-3-12-31(13-4-1)33-16-7-20-37(26-33)41-30-42(48-44(47-41)40-23-9-17-34(28-40)32-14-5-2-6-15-32)38-21-8-18-35(27-38)36-19-10-22-39(29-36)43-45-24-11-25-46-43/h1-27,29-30,40,42H,28H2,(H,47,48). The van der Waals surface area contributed by atoms with Crippen LogP contribution in [0.15, 0.2) is 181 Å². The van der Waals surface area contributed by atoms with Gasteiger partial charge >= 0.3 is 0 Å². The first-order valence-corrected chi connectivity index (χ1v) is 16.4. The van der Waals surface area contributed by atoms with Gasteiger partial charge in [0.05, 0.1) is 6.04 Å². The quantitative estimate of drug-likeness (QED) is 0.194. The molecule has 4 heteroatoms. The second kappa shape index (κ2) is 13.3. The van der Waals surface area contributed by atoms with E-state index in [9.17, 15) is 0 Å². The Morgan fingerprint density at radius 3 is 1.92 bits per heavy atom. The molecule has 1 aliphatic carbocycles. The molecular weight excluding hydrogens is 585 g/mol. The molecule has 1 N–H and O–H groups in total. The van der Waals surface area contributed by atoms with Crippen LogP contribution in [0, 0.1) is 5.92 Å². The van der Waals surface area contributed by atoms with Crippen molar-refractivity contribution in [2.75, 3.05) is 0 Å². The van der Waals surface area contributed by atoms with Crippen LogP contribution >= 0.6 is 0 Å². The zero-order valence-electron chi connectivity index (χ0n) is 26.4. The Morgan fingerprint density at radius 1 is 0.542 bits per heavy atom. The number of amidine groups is 1. The van der Waals surface area contributed by atoms with Gasteiger partial charge in [-0.25, -0.2) is 9.97 Å². The van der Waals surface area contributed by atoms with Crippen molar-refractivity contribution in [1.29, 1.82) is 0 Å². The second-order valence-electron chi connectivity index (χ2n) is 12.1. The minimum absolute atomic E-state index is 0.124. The third-order valence-corrected chi connectivity index (χ3v) is 8.97. The van der Waals surface area contributed by atoms with Crippen LogP contribution in [-0.2, 0) is 0 Å². The number of aromatic nitrogens is 2. The number of allylic oxidation sites excluding steroid dienone is 3. The highest BCUT2D eigenvalue weighted by molar-refractivity contribution is 5.97. The third kappa shape index (κ3) is 6.29. The Hall–Kier alpha value is -6.13. The summed E-state index contributed by atoms with van der Waals surface area (Å²) in [5.74, 6) is 1.83. The fraction of sp³-hybridized carbons (Fsp3) is 0.0682. The highest BCUT2D eigenvalue weighted by Crippen LogP contribution is 2.35. The van der Waals surface area contributed by atoms with Gasteiger partial charge in [0.1, 0.15) is 5.84 Å².